The number of aliphatic imine (C=N–C) groups is 1. The summed E-state index contributed by atoms with van der Waals surface area (Å²) in [5.41, 5.74) is 3.75. The number of hydrogen-bond donors (Lipinski definition) is 3. The zero-order valence-corrected chi connectivity index (χ0v) is 20.3. The molecule has 160 valence electrons. The molecule has 0 saturated carbocycles. The molecule has 3 heterocycles. The van der Waals surface area contributed by atoms with E-state index in [9.17, 15) is 4.79 Å². The van der Waals surface area contributed by atoms with Gasteiger partial charge in [0, 0.05) is 61.6 Å². The number of fused-ring (bicyclic) bond motifs is 2. The van der Waals surface area contributed by atoms with Crippen molar-refractivity contribution in [3.8, 4) is 0 Å². The third-order valence-electron chi connectivity index (χ3n) is 5.38. The van der Waals surface area contributed by atoms with Gasteiger partial charge in [-0.05, 0) is 41.5 Å². The van der Waals surface area contributed by atoms with Gasteiger partial charge in [-0.1, -0.05) is 18.2 Å². The number of carbonyl (C=O) groups is 1. The fourth-order valence-electron chi connectivity index (χ4n) is 3.78. The van der Waals surface area contributed by atoms with E-state index in [4.69, 9.17) is 0 Å². The molecule has 3 N–H and O–H groups in total. The molecule has 6 nitrogen and oxygen atoms in total. The number of aromatic nitrogens is 1. The van der Waals surface area contributed by atoms with Gasteiger partial charge in [-0.25, -0.2) is 0 Å². The van der Waals surface area contributed by atoms with Crippen molar-refractivity contribution in [2.45, 2.75) is 25.8 Å². The number of H-pyrrole nitrogens is 1. The van der Waals surface area contributed by atoms with Crippen molar-refractivity contribution in [2.75, 3.05) is 26.7 Å². The van der Waals surface area contributed by atoms with Crippen LogP contribution in [0.15, 0.2) is 46.9 Å². The normalized spacial score (nSPS) is 13.6. The second-order valence-electron chi connectivity index (χ2n) is 7.22. The summed E-state index contributed by atoms with van der Waals surface area (Å²) < 4.78 is 0. The minimum absolute atomic E-state index is 0. The maximum absolute atomic E-state index is 12.5. The topological polar surface area (TPSA) is 72.5 Å². The number of benzene rings is 1. The average molecular weight is 537 g/mol. The summed E-state index contributed by atoms with van der Waals surface area (Å²) in [6.07, 6.45) is 4.42. The number of para-hydroxylation sites is 1. The van der Waals surface area contributed by atoms with Crippen LogP contribution in [0.5, 0.6) is 0 Å². The lowest BCUT2D eigenvalue weighted by Crippen LogP contribution is -2.41. The molecule has 30 heavy (non-hydrogen) atoms. The van der Waals surface area contributed by atoms with Gasteiger partial charge in [0.15, 0.2) is 5.96 Å². The number of rotatable bonds is 6. The summed E-state index contributed by atoms with van der Waals surface area (Å²) in [5, 5.41) is 9.97. The first-order valence-corrected chi connectivity index (χ1v) is 10.9. The Hall–Kier alpha value is -2.07. The number of halogens is 1. The number of hydrogen-bond acceptors (Lipinski definition) is 3. The molecule has 8 heteroatoms. The molecular formula is C22H28IN5OS. The molecule has 0 fully saturated rings. The van der Waals surface area contributed by atoms with Crippen molar-refractivity contribution >= 4 is 58.1 Å². The van der Waals surface area contributed by atoms with Gasteiger partial charge in [-0.15, -0.1) is 35.3 Å². The summed E-state index contributed by atoms with van der Waals surface area (Å²) in [6, 6.07) is 10.5. The lowest BCUT2D eigenvalue weighted by Gasteiger charge is -2.27. The fourth-order valence-corrected chi connectivity index (χ4v) is 4.67. The highest BCUT2D eigenvalue weighted by Crippen LogP contribution is 2.24. The Labute approximate surface area is 198 Å². The van der Waals surface area contributed by atoms with Crippen LogP contribution in [0.2, 0.25) is 0 Å². The average Bonchev–Trinajstić information content (AvgIpc) is 3.39. The molecule has 0 aliphatic carbocycles. The Morgan fingerprint density at radius 3 is 2.93 bits per heavy atom. The number of thiophene rings is 1. The van der Waals surface area contributed by atoms with Gasteiger partial charge < -0.3 is 20.5 Å². The minimum atomic E-state index is 0. The van der Waals surface area contributed by atoms with Gasteiger partial charge in [-0.3, -0.25) is 9.79 Å². The van der Waals surface area contributed by atoms with Crippen LogP contribution in [-0.2, 0) is 24.2 Å². The lowest BCUT2D eigenvalue weighted by atomic mass is 10.1. The maximum atomic E-state index is 12.5. The molecule has 0 unspecified atom stereocenters. The van der Waals surface area contributed by atoms with E-state index < -0.39 is 0 Å². The molecule has 4 rings (SSSR count). The third-order valence-corrected chi connectivity index (χ3v) is 6.40. The molecule has 1 aliphatic rings. The number of guanidine groups is 1. The summed E-state index contributed by atoms with van der Waals surface area (Å²) in [6.45, 7) is 2.93. The zero-order chi connectivity index (χ0) is 20.1. The van der Waals surface area contributed by atoms with Gasteiger partial charge in [0.05, 0.1) is 0 Å². The predicted molar refractivity (Wildman–Crippen MR) is 135 cm³/mol. The van der Waals surface area contributed by atoms with Crippen LogP contribution in [0.25, 0.3) is 10.9 Å². The van der Waals surface area contributed by atoms with Crippen LogP contribution in [0.1, 0.15) is 22.4 Å². The summed E-state index contributed by atoms with van der Waals surface area (Å²) in [4.78, 5) is 23.5. The van der Waals surface area contributed by atoms with Gasteiger partial charge in [-0.2, -0.15) is 0 Å². The number of nitrogens with zero attached hydrogens (tertiary/aromatic N) is 2. The van der Waals surface area contributed by atoms with E-state index in [1.165, 1.54) is 21.4 Å². The molecule has 0 spiro atoms. The smallest absolute Gasteiger partial charge is 0.224 e. The number of nitrogens with one attached hydrogen (secondary N) is 3. The SMILES string of the molecule is CN=C(NCCC(=O)N1CCc2sccc2C1)NCCc1c[nH]c2ccccc12.I. The molecule has 0 saturated heterocycles. The van der Waals surface area contributed by atoms with Crippen molar-refractivity contribution < 1.29 is 4.79 Å². The Kier molecular flexibility index (Phi) is 8.15. The fraction of sp³-hybridized carbons (Fsp3) is 0.364. The molecular weight excluding hydrogens is 509 g/mol. The van der Waals surface area contributed by atoms with Crippen molar-refractivity contribution in [3.63, 3.8) is 0 Å². The first kappa shape index (κ1) is 22.6. The standard InChI is InChI=1S/C22H27N5OS.HI/c1-23-22(24-10-6-16-14-26-19-5-3-2-4-18(16)19)25-11-7-21(28)27-12-8-20-17(15-27)9-13-29-20;/h2-5,9,13-14,26H,6-8,10-12,15H2,1H3,(H2,23,24,25);1H. The van der Waals surface area contributed by atoms with Crippen LogP contribution >= 0.6 is 35.3 Å². The molecule has 1 amide bonds. The van der Waals surface area contributed by atoms with Crippen molar-refractivity contribution in [3.05, 3.63) is 57.9 Å². The first-order valence-electron chi connectivity index (χ1n) is 10.1. The highest BCUT2D eigenvalue weighted by atomic mass is 127. The molecule has 0 radical (unpaired) electrons. The van der Waals surface area contributed by atoms with E-state index in [0.29, 0.717) is 13.0 Å². The largest absolute Gasteiger partial charge is 0.361 e. The van der Waals surface area contributed by atoms with Gasteiger partial charge in [0.2, 0.25) is 5.91 Å². The quantitative estimate of drug-likeness (QED) is 0.256. The van der Waals surface area contributed by atoms with Crippen LogP contribution < -0.4 is 10.6 Å². The molecule has 1 aliphatic heterocycles. The van der Waals surface area contributed by atoms with E-state index in [1.807, 2.05) is 11.0 Å². The molecule has 3 aromatic rings. The van der Waals surface area contributed by atoms with Gasteiger partial charge in [0.1, 0.15) is 0 Å². The number of aromatic amines is 1. The predicted octanol–water partition coefficient (Wildman–Crippen LogP) is 3.53. The maximum Gasteiger partial charge on any atom is 0.224 e. The zero-order valence-electron chi connectivity index (χ0n) is 17.1. The summed E-state index contributed by atoms with van der Waals surface area (Å²) in [7, 11) is 1.76. The number of amides is 1. The Bertz CT molecular complexity index is 1010. The summed E-state index contributed by atoms with van der Waals surface area (Å²) in [5.74, 6) is 0.931. The molecule has 0 bridgehead atoms. The van der Waals surface area contributed by atoms with Crippen molar-refractivity contribution in [2.24, 2.45) is 4.99 Å². The Morgan fingerprint density at radius 1 is 1.23 bits per heavy atom. The van der Waals surface area contributed by atoms with Crippen molar-refractivity contribution in [1.29, 1.82) is 0 Å². The molecule has 1 aromatic carbocycles. The third kappa shape index (κ3) is 5.34. The van der Waals surface area contributed by atoms with Crippen molar-refractivity contribution in [1.82, 2.24) is 20.5 Å². The van der Waals surface area contributed by atoms with Crippen LogP contribution in [-0.4, -0.2) is 48.4 Å². The number of carbonyl (C=O) groups excluding carboxylic acids is 1. The van der Waals surface area contributed by atoms with E-state index >= 15 is 0 Å². The van der Waals surface area contributed by atoms with Gasteiger partial charge >= 0.3 is 0 Å². The van der Waals surface area contributed by atoms with Gasteiger partial charge in [0.25, 0.3) is 0 Å². The second-order valence-corrected chi connectivity index (χ2v) is 8.22. The Morgan fingerprint density at radius 2 is 2.07 bits per heavy atom. The first-order chi connectivity index (χ1) is 14.2. The molecule has 0 atom stereocenters. The monoisotopic (exact) mass is 537 g/mol. The van der Waals surface area contributed by atoms with E-state index in [0.717, 1.165) is 44.0 Å². The highest BCUT2D eigenvalue weighted by molar-refractivity contribution is 14.0. The minimum Gasteiger partial charge on any atom is -0.361 e. The Balaban J connectivity index is 0.00000256. The van der Waals surface area contributed by atoms with E-state index in [1.54, 1.807) is 18.4 Å². The van der Waals surface area contributed by atoms with E-state index in [-0.39, 0.29) is 29.9 Å². The van der Waals surface area contributed by atoms with E-state index in [2.05, 4.69) is 56.5 Å². The van der Waals surface area contributed by atoms with Crippen LogP contribution in [0, 0.1) is 0 Å². The van der Waals surface area contributed by atoms with Crippen LogP contribution in [0.4, 0.5) is 0 Å². The summed E-state index contributed by atoms with van der Waals surface area (Å²) >= 11 is 1.79. The highest BCUT2D eigenvalue weighted by Gasteiger charge is 2.21. The molecule has 2 aromatic heterocycles. The lowest BCUT2D eigenvalue weighted by molar-refractivity contribution is -0.131. The van der Waals surface area contributed by atoms with Crippen LogP contribution in [0.3, 0.4) is 0 Å². The second kappa shape index (κ2) is 10.8.